The van der Waals surface area contributed by atoms with Gasteiger partial charge in [0, 0.05) is 5.56 Å². The maximum atomic E-state index is 11.4. The van der Waals surface area contributed by atoms with Crippen molar-refractivity contribution < 1.29 is 19.7 Å². The lowest BCUT2D eigenvalue weighted by Crippen LogP contribution is -2.35. The Kier molecular flexibility index (Phi) is 10.4. The van der Waals surface area contributed by atoms with E-state index in [1.54, 1.807) is 0 Å². The number of aromatic hydroxyl groups is 1. The smallest absolute Gasteiger partial charge is 0.289 e. The van der Waals surface area contributed by atoms with Crippen LogP contribution in [-0.2, 0) is 21.6 Å². The largest absolute Gasteiger partial charge is 0.505 e. The van der Waals surface area contributed by atoms with Gasteiger partial charge in [0.1, 0.15) is 0 Å². The van der Waals surface area contributed by atoms with Crippen LogP contribution in [0.15, 0.2) is 35.3 Å². The number of aromatic nitrogens is 2. The van der Waals surface area contributed by atoms with Gasteiger partial charge in [0.05, 0.1) is 31.6 Å². The summed E-state index contributed by atoms with van der Waals surface area (Å²) < 4.78 is 11.9. The molecule has 28 heavy (non-hydrogen) atoms. The molecule has 0 amide bonds. The molecular formula is C20H31ClN2O5. The Labute approximate surface area is 171 Å². The van der Waals surface area contributed by atoms with Crippen LogP contribution in [0.1, 0.15) is 53.0 Å². The van der Waals surface area contributed by atoms with E-state index < -0.39 is 11.1 Å². The van der Waals surface area contributed by atoms with Crippen molar-refractivity contribution in [2.45, 2.75) is 54.1 Å². The van der Waals surface area contributed by atoms with Crippen molar-refractivity contribution >= 4 is 11.6 Å². The maximum Gasteiger partial charge on any atom is 0.289 e. The standard InChI is InChI=1S/C10H12O3.C8H11ClN2O2.2CH4/c11-7-8-1-3-9(4-2-8)10-12-5-6-13-10;1-8(2,3)11-7(13)6(9)5(12)4-10-11;;/h1-4,10-11H,5-7H2;4,12H,1-3H3;2*1H4. The van der Waals surface area contributed by atoms with Crippen LogP contribution in [0, 0.1) is 0 Å². The van der Waals surface area contributed by atoms with E-state index in [0.29, 0.717) is 13.2 Å². The minimum Gasteiger partial charge on any atom is -0.505 e. The lowest BCUT2D eigenvalue weighted by molar-refractivity contribution is -0.0441. The predicted molar refractivity (Wildman–Crippen MR) is 111 cm³/mol. The van der Waals surface area contributed by atoms with Crippen LogP contribution in [0.5, 0.6) is 5.75 Å². The van der Waals surface area contributed by atoms with Crippen LogP contribution in [0.25, 0.3) is 0 Å². The summed E-state index contributed by atoms with van der Waals surface area (Å²) in [5.74, 6) is -0.285. The molecule has 0 bridgehead atoms. The van der Waals surface area contributed by atoms with Gasteiger partial charge in [-0.3, -0.25) is 4.79 Å². The summed E-state index contributed by atoms with van der Waals surface area (Å²) in [5, 5.41) is 21.5. The first kappa shape index (κ1) is 26.1. The van der Waals surface area contributed by atoms with E-state index in [0.717, 1.165) is 17.3 Å². The molecule has 8 heteroatoms. The molecule has 1 saturated heterocycles. The number of benzene rings is 1. The first-order valence-electron chi connectivity index (χ1n) is 8.14. The molecule has 1 aliphatic rings. The van der Waals surface area contributed by atoms with E-state index in [1.165, 1.54) is 4.68 Å². The van der Waals surface area contributed by atoms with Crippen molar-refractivity contribution in [3.05, 3.63) is 57.0 Å². The second-order valence-electron chi connectivity index (χ2n) is 6.70. The van der Waals surface area contributed by atoms with Crippen LogP contribution in [0.3, 0.4) is 0 Å². The fraction of sp³-hybridized carbons (Fsp3) is 0.500. The van der Waals surface area contributed by atoms with Crippen molar-refractivity contribution in [3.8, 4) is 5.75 Å². The number of ether oxygens (including phenoxy) is 2. The quantitative estimate of drug-likeness (QED) is 0.775. The number of aliphatic hydroxyl groups is 1. The monoisotopic (exact) mass is 414 g/mol. The molecule has 3 rings (SSSR count). The molecule has 0 spiro atoms. The third kappa shape index (κ3) is 6.60. The lowest BCUT2D eigenvalue weighted by atomic mass is 10.1. The molecule has 2 N–H and O–H groups in total. The Morgan fingerprint density at radius 3 is 2.18 bits per heavy atom. The number of aliphatic hydroxyl groups excluding tert-OH is 1. The van der Waals surface area contributed by atoms with Crippen molar-refractivity contribution in [1.82, 2.24) is 9.78 Å². The van der Waals surface area contributed by atoms with Gasteiger partial charge in [-0.05, 0) is 26.3 Å². The van der Waals surface area contributed by atoms with Gasteiger partial charge in [0.15, 0.2) is 17.1 Å². The van der Waals surface area contributed by atoms with E-state index in [9.17, 15) is 4.79 Å². The summed E-state index contributed by atoms with van der Waals surface area (Å²) in [4.78, 5) is 11.4. The van der Waals surface area contributed by atoms with E-state index >= 15 is 0 Å². The Morgan fingerprint density at radius 2 is 1.71 bits per heavy atom. The summed E-state index contributed by atoms with van der Waals surface area (Å²) in [6.07, 6.45) is 0.947. The second-order valence-corrected chi connectivity index (χ2v) is 7.08. The molecule has 0 atom stereocenters. The fourth-order valence-electron chi connectivity index (χ4n) is 2.23. The zero-order valence-corrected chi connectivity index (χ0v) is 15.7. The van der Waals surface area contributed by atoms with Gasteiger partial charge in [0.2, 0.25) is 0 Å². The van der Waals surface area contributed by atoms with Crippen molar-refractivity contribution in [2.75, 3.05) is 13.2 Å². The van der Waals surface area contributed by atoms with E-state index in [2.05, 4.69) is 5.10 Å². The topological polar surface area (TPSA) is 93.8 Å². The zero-order chi connectivity index (χ0) is 19.3. The van der Waals surface area contributed by atoms with Gasteiger partial charge in [-0.1, -0.05) is 50.7 Å². The fourth-order valence-corrected chi connectivity index (χ4v) is 2.36. The number of nitrogens with zero attached hydrogens (tertiary/aromatic N) is 2. The van der Waals surface area contributed by atoms with Gasteiger partial charge in [-0.25, -0.2) is 4.68 Å². The highest BCUT2D eigenvalue weighted by Crippen LogP contribution is 2.23. The van der Waals surface area contributed by atoms with Crippen LogP contribution >= 0.6 is 11.6 Å². The van der Waals surface area contributed by atoms with Crippen LogP contribution in [0.2, 0.25) is 5.02 Å². The Morgan fingerprint density at radius 1 is 1.18 bits per heavy atom. The first-order valence-corrected chi connectivity index (χ1v) is 8.52. The number of hydrogen-bond donors (Lipinski definition) is 2. The Balaban J connectivity index is 0.000000486. The molecule has 1 aromatic heterocycles. The third-order valence-electron chi connectivity index (χ3n) is 3.59. The SMILES string of the molecule is C.C.CC(C)(C)n1ncc(O)c(Cl)c1=O.OCc1ccc(C2OCCO2)cc1. The third-order valence-corrected chi connectivity index (χ3v) is 3.95. The van der Waals surface area contributed by atoms with E-state index in [-0.39, 0.29) is 38.5 Å². The normalized spacial score (nSPS) is 13.8. The highest BCUT2D eigenvalue weighted by molar-refractivity contribution is 6.31. The molecule has 1 aromatic carbocycles. The highest BCUT2D eigenvalue weighted by Gasteiger charge is 2.19. The first-order chi connectivity index (χ1) is 12.2. The number of hydrogen-bond acceptors (Lipinski definition) is 6. The number of rotatable bonds is 2. The molecular weight excluding hydrogens is 384 g/mol. The van der Waals surface area contributed by atoms with Gasteiger partial charge in [0.25, 0.3) is 5.56 Å². The molecule has 158 valence electrons. The van der Waals surface area contributed by atoms with Crippen LogP contribution in [0.4, 0.5) is 0 Å². The molecule has 0 aliphatic carbocycles. The zero-order valence-electron chi connectivity index (χ0n) is 15.0. The molecule has 0 radical (unpaired) electrons. The molecule has 0 unspecified atom stereocenters. The van der Waals surface area contributed by atoms with Gasteiger partial charge >= 0.3 is 0 Å². The number of halogens is 1. The predicted octanol–water partition coefficient (Wildman–Crippen LogP) is 3.85. The minimum atomic E-state index is -0.478. The van der Waals surface area contributed by atoms with Gasteiger partial charge in [-0.15, -0.1) is 0 Å². The molecule has 7 nitrogen and oxygen atoms in total. The van der Waals surface area contributed by atoms with Gasteiger partial charge in [-0.2, -0.15) is 5.10 Å². The van der Waals surface area contributed by atoms with Gasteiger partial charge < -0.3 is 19.7 Å². The molecule has 2 aromatic rings. The maximum absolute atomic E-state index is 11.4. The molecule has 2 heterocycles. The summed E-state index contributed by atoms with van der Waals surface area (Å²) in [6, 6.07) is 7.59. The van der Waals surface area contributed by atoms with E-state index in [4.69, 9.17) is 31.3 Å². The average Bonchev–Trinajstić information content (AvgIpc) is 3.14. The van der Waals surface area contributed by atoms with Crippen molar-refractivity contribution in [3.63, 3.8) is 0 Å². The Bertz CT molecular complexity index is 779. The van der Waals surface area contributed by atoms with E-state index in [1.807, 2.05) is 45.0 Å². The van der Waals surface area contributed by atoms with Crippen molar-refractivity contribution in [2.24, 2.45) is 0 Å². The summed E-state index contributed by atoms with van der Waals surface area (Å²) in [7, 11) is 0. The molecule has 1 fully saturated rings. The lowest BCUT2D eigenvalue weighted by Gasteiger charge is -2.20. The summed E-state index contributed by atoms with van der Waals surface area (Å²) in [6.45, 7) is 6.88. The van der Waals surface area contributed by atoms with Crippen molar-refractivity contribution in [1.29, 1.82) is 0 Å². The summed E-state index contributed by atoms with van der Waals surface area (Å²) in [5.41, 5.74) is 1.000. The Hall–Kier alpha value is -1.93. The average molecular weight is 415 g/mol. The van der Waals surface area contributed by atoms with Crippen LogP contribution in [-0.4, -0.2) is 33.2 Å². The second kappa shape index (κ2) is 11.2. The molecule has 1 aliphatic heterocycles. The highest BCUT2D eigenvalue weighted by atomic mass is 35.5. The van der Waals surface area contributed by atoms with Crippen LogP contribution < -0.4 is 5.56 Å². The molecule has 0 saturated carbocycles. The minimum absolute atomic E-state index is 0. The summed E-state index contributed by atoms with van der Waals surface area (Å²) >= 11 is 5.57.